The smallest absolute Gasteiger partial charge is 0.326 e. The average Bonchev–Trinajstić information content (AvgIpc) is 2.25. The molecule has 4 heteroatoms. The molecule has 1 aromatic carbocycles. The summed E-state index contributed by atoms with van der Waals surface area (Å²) in [6.07, 6.45) is 1.04. The number of rotatable bonds is 5. The van der Waals surface area contributed by atoms with Crippen molar-refractivity contribution in [2.75, 3.05) is 0 Å². The van der Waals surface area contributed by atoms with E-state index in [0.717, 1.165) is 5.56 Å². The number of carboxylic acid groups (broad SMARTS) is 1. The SMILES string of the molecule is CC(=O)N[C@H](CCc1ccccc1)C(=O)O. The molecule has 4 nitrogen and oxygen atoms in total. The van der Waals surface area contributed by atoms with Crippen molar-refractivity contribution in [2.24, 2.45) is 0 Å². The third-order valence-electron chi connectivity index (χ3n) is 2.24. The predicted molar refractivity (Wildman–Crippen MR) is 60.0 cm³/mol. The number of nitrogens with one attached hydrogen (secondary N) is 1. The highest BCUT2D eigenvalue weighted by Crippen LogP contribution is 2.05. The predicted octanol–water partition coefficient (Wildman–Crippen LogP) is 1.21. The van der Waals surface area contributed by atoms with Crippen LogP contribution in [0.4, 0.5) is 0 Å². The third-order valence-corrected chi connectivity index (χ3v) is 2.24. The summed E-state index contributed by atoms with van der Waals surface area (Å²) in [6, 6.07) is 8.79. The molecule has 1 amide bonds. The van der Waals surface area contributed by atoms with Crippen LogP contribution >= 0.6 is 0 Å². The standard InChI is InChI=1S/C12H15NO3/c1-9(14)13-11(12(15)16)8-7-10-5-3-2-4-6-10/h2-6,11H,7-8H2,1H3,(H,13,14)(H,15,16)/t11-/m1/s1. The first-order valence-electron chi connectivity index (χ1n) is 5.13. The van der Waals surface area contributed by atoms with Gasteiger partial charge in [0.05, 0.1) is 0 Å². The first-order chi connectivity index (χ1) is 7.59. The van der Waals surface area contributed by atoms with Crippen LogP contribution in [0.5, 0.6) is 0 Å². The lowest BCUT2D eigenvalue weighted by Crippen LogP contribution is -2.39. The molecule has 0 aliphatic rings. The van der Waals surface area contributed by atoms with Crippen molar-refractivity contribution in [2.45, 2.75) is 25.8 Å². The highest BCUT2D eigenvalue weighted by Gasteiger charge is 2.17. The number of carbonyl (C=O) groups excluding carboxylic acids is 1. The second-order valence-electron chi connectivity index (χ2n) is 3.62. The molecule has 0 saturated heterocycles. The molecule has 86 valence electrons. The van der Waals surface area contributed by atoms with E-state index >= 15 is 0 Å². The number of hydrogen-bond acceptors (Lipinski definition) is 2. The molecule has 0 saturated carbocycles. The zero-order valence-corrected chi connectivity index (χ0v) is 9.14. The van der Waals surface area contributed by atoms with Crippen molar-refractivity contribution >= 4 is 11.9 Å². The number of benzene rings is 1. The number of hydrogen-bond donors (Lipinski definition) is 2. The highest BCUT2D eigenvalue weighted by molar-refractivity contribution is 5.82. The molecular formula is C12H15NO3. The Labute approximate surface area is 94.3 Å². The molecular weight excluding hydrogens is 206 g/mol. The van der Waals surface area contributed by atoms with Gasteiger partial charge in [0.2, 0.25) is 5.91 Å². The molecule has 0 aliphatic carbocycles. The molecule has 1 aromatic rings. The van der Waals surface area contributed by atoms with Crippen molar-refractivity contribution < 1.29 is 14.7 Å². The number of aryl methyl sites for hydroxylation is 1. The fourth-order valence-corrected chi connectivity index (χ4v) is 1.46. The summed E-state index contributed by atoms with van der Waals surface area (Å²) in [4.78, 5) is 21.6. The van der Waals surface area contributed by atoms with Crippen LogP contribution in [0.2, 0.25) is 0 Å². The van der Waals surface area contributed by atoms with Gasteiger partial charge in [-0.2, -0.15) is 0 Å². The van der Waals surface area contributed by atoms with Crippen LogP contribution < -0.4 is 5.32 Å². The minimum absolute atomic E-state index is 0.319. The summed E-state index contributed by atoms with van der Waals surface area (Å²) in [7, 11) is 0. The van der Waals surface area contributed by atoms with E-state index in [1.165, 1.54) is 6.92 Å². The summed E-state index contributed by atoms with van der Waals surface area (Å²) >= 11 is 0. The highest BCUT2D eigenvalue weighted by atomic mass is 16.4. The molecule has 0 fully saturated rings. The van der Waals surface area contributed by atoms with E-state index in [1.807, 2.05) is 30.3 Å². The van der Waals surface area contributed by atoms with Crippen molar-refractivity contribution in [3.05, 3.63) is 35.9 Å². The van der Waals surface area contributed by atoms with Gasteiger partial charge in [0, 0.05) is 6.92 Å². The summed E-state index contributed by atoms with van der Waals surface area (Å²) in [6.45, 7) is 1.32. The molecule has 1 rings (SSSR count). The molecule has 1 atom stereocenters. The van der Waals surface area contributed by atoms with Crippen molar-refractivity contribution in [3.8, 4) is 0 Å². The Morgan fingerprint density at radius 1 is 1.31 bits per heavy atom. The van der Waals surface area contributed by atoms with Crippen LogP contribution in [0.1, 0.15) is 18.9 Å². The molecule has 0 bridgehead atoms. The zero-order valence-electron chi connectivity index (χ0n) is 9.14. The minimum Gasteiger partial charge on any atom is -0.480 e. The number of carboxylic acids is 1. The second kappa shape index (κ2) is 5.90. The lowest BCUT2D eigenvalue weighted by Gasteiger charge is -2.12. The quantitative estimate of drug-likeness (QED) is 0.785. The van der Waals surface area contributed by atoms with Gasteiger partial charge in [0.1, 0.15) is 6.04 Å². The van der Waals surface area contributed by atoms with Crippen LogP contribution in [-0.4, -0.2) is 23.0 Å². The van der Waals surface area contributed by atoms with E-state index in [4.69, 9.17) is 5.11 Å². The maximum atomic E-state index is 10.8. The van der Waals surface area contributed by atoms with E-state index in [1.54, 1.807) is 0 Å². The van der Waals surface area contributed by atoms with E-state index in [9.17, 15) is 9.59 Å². The Hall–Kier alpha value is -1.84. The number of carbonyl (C=O) groups is 2. The molecule has 2 N–H and O–H groups in total. The molecule has 0 unspecified atom stereocenters. The summed E-state index contributed by atoms with van der Waals surface area (Å²) in [5.41, 5.74) is 1.07. The average molecular weight is 221 g/mol. The monoisotopic (exact) mass is 221 g/mol. The van der Waals surface area contributed by atoms with Gasteiger partial charge in [-0.3, -0.25) is 4.79 Å². The lowest BCUT2D eigenvalue weighted by atomic mass is 10.1. The van der Waals surface area contributed by atoms with E-state index < -0.39 is 12.0 Å². The molecule has 0 heterocycles. The fourth-order valence-electron chi connectivity index (χ4n) is 1.46. The Morgan fingerprint density at radius 3 is 2.44 bits per heavy atom. The van der Waals surface area contributed by atoms with E-state index in [0.29, 0.717) is 12.8 Å². The normalized spacial score (nSPS) is 11.8. The van der Waals surface area contributed by atoms with Crippen LogP contribution in [0.25, 0.3) is 0 Å². The number of aliphatic carboxylic acids is 1. The topological polar surface area (TPSA) is 66.4 Å². The Kier molecular flexibility index (Phi) is 4.51. The molecule has 0 spiro atoms. The van der Waals surface area contributed by atoms with Gasteiger partial charge in [0.25, 0.3) is 0 Å². The first kappa shape index (κ1) is 12.2. The van der Waals surface area contributed by atoms with Crippen LogP contribution in [-0.2, 0) is 16.0 Å². The second-order valence-corrected chi connectivity index (χ2v) is 3.62. The Balaban J connectivity index is 2.50. The van der Waals surface area contributed by atoms with E-state index in [2.05, 4.69) is 5.32 Å². The van der Waals surface area contributed by atoms with Gasteiger partial charge in [-0.15, -0.1) is 0 Å². The fraction of sp³-hybridized carbons (Fsp3) is 0.333. The molecule has 0 aliphatic heterocycles. The van der Waals surface area contributed by atoms with Gasteiger partial charge in [-0.05, 0) is 18.4 Å². The van der Waals surface area contributed by atoms with Gasteiger partial charge < -0.3 is 10.4 Å². The summed E-state index contributed by atoms with van der Waals surface area (Å²) < 4.78 is 0. The minimum atomic E-state index is -0.994. The summed E-state index contributed by atoms with van der Waals surface area (Å²) in [5, 5.41) is 11.3. The van der Waals surface area contributed by atoms with Crippen molar-refractivity contribution in [1.82, 2.24) is 5.32 Å². The maximum absolute atomic E-state index is 10.8. The van der Waals surface area contributed by atoms with Gasteiger partial charge >= 0.3 is 5.97 Å². The van der Waals surface area contributed by atoms with Gasteiger partial charge in [-0.1, -0.05) is 30.3 Å². The van der Waals surface area contributed by atoms with Crippen LogP contribution in [0.3, 0.4) is 0 Å². The Morgan fingerprint density at radius 2 is 1.94 bits per heavy atom. The largest absolute Gasteiger partial charge is 0.480 e. The van der Waals surface area contributed by atoms with Gasteiger partial charge in [0.15, 0.2) is 0 Å². The summed E-state index contributed by atoms with van der Waals surface area (Å²) in [5.74, 6) is -1.31. The molecule has 16 heavy (non-hydrogen) atoms. The van der Waals surface area contributed by atoms with Crippen LogP contribution in [0, 0.1) is 0 Å². The number of amides is 1. The van der Waals surface area contributed by atoms with Gasteiger partial charge in [-0.25, -0.2) is 4.79 Å². The van der Waals surface area contributed by atoms with E-state index in [-0.39, 0.29) is 5.91 Å². The zero-order chi connectivity index (χ0) is 12.0. The Bertz CT molecular complexity index is 362. The molecule has 0 radical (unpaired) electrons. The van der Waals surface area contributed by atoms with Crippen LogP contribution in [0.15, 0.2) is 30.3 Å². The maximum Gasteiger partial charge on any atom is 0.326 e. The van der Waals surface area contributed by atoms with Crippen molar-refractivity contribution in [1.29, 1.82) is 0 Å². The van der Waals surface area contributed by atoms with Crippen molar-refractivity contribution in [3.63, 3.8) is 0 Å². The third kappa shape index (κ3) is 4.13. The molecule has 0 aromatic heterocycles. The lowest BCUT2D eigenvalue weighted by molar-refractivity contribution is -0.141. The first-order valence-corrected chi connectivity index (χ1v) is 5.13.